The normalized spacial score (nSPS) is 27.8. The molecular formula is C53H86N8O4. The van der Waals surface area contributed by atoms with E-state index in [2.05, 4.69) is 61.3 Å². The van der Waals surface area contributed by atoms with Crippen LogP contribution in [-0.4, -0.2) is 80.0 Å². The van der Waals surface area contributed by atoms with Crippen LogP contribution < -0.4 is 27.8 Å². The number of amides is 1. The van der Waals surface area contributed by atoms with Crippen LogP contribution in [0.25, 0.3) is 0 Å². The highest BCUT2D eigenvalue weighted by Gasteiger charge is 2.59. The quantitative estimate of drug-likeness (QED) is 0.0263. The lowest BCUT2D eigenvalue weighted by Gasteiger charge is -2.58. The Balaban J connectivity index is 1.14. The number of hydrogen-bond donors (Lipinski definition) is 5. The minimum absolute atomic E-state index is 0.00808. The molecule has 1 aromatic rings. The molecule has 0 aliphatic heterocycles. The number of nitrogens with zero attached hydrogens (tertiary/aromatic N) is 3. The second-order valence-corrected chi connectivity index (χ2v) is 21.1. The number of carbonyl (C=O) groups is 3. The van der Waals surface area contributed by atoms with Crippen molar-refractivity contribution in [1.29, 1.82) is 0 Å². The Morgan fingerprint density at radius 2 is 1.62 bits per heavy atom. The molecule has 0 bridgehead atoms. The molecule has 12 heteroatoms. The average Bonchev–Trinajstić information content (AvgIpc) is 3.62. The summed E-state index contributed by atoms with van der Waals surface area (Å²) in [5.74, 6) is 5.36. The molecule has 65 heavy (non-hydrogen) atoms. The molecule has 0 aromatic heterocycles. The van der Waals surface area contributed by atoms with Gasteiger partial charge in [0.1, 0.15) is 17.7 Å². The number of nitrogens with one attached hydrogen (secondary N) is 2. The van der Waals surface area contributed by atoms with E-state index in [1.54, 1.807) is 13.1 Å². The number of hydrogen-bond acceptors (Lipinski definition) is 8. The van der Waals surface area contributed by atoms with Gasteiger partial charge in [0.15, 0.2) is 5.96 Å². The molecule has 8 N–H and O–H groups in total. The molecule has 4 aliphatic rings. The Bertz CT molecular complexity index is 1800. The smallest absolute Gasteiger partial charge is 0.407 e. The summed E-state index contributed by atoms with van der Waals surface area (Å²) in [5.41, 5.74) is 19.7. The summed E-state index contributed by atoms with van der Waals surface area (Å²) in [6.07, 6.45) is 20.4. The summed E-state index contributed by atoms with van der Waals surface area (Å²) in [5, 5.41) is 6.48. The number of fused-ring (bicyclic) bond motifs is 5. The molecule has 5 rings (SSSR count). The van der Waals surface area contributed by atoms with Crippen LogP contribution in [0.4, 0.5) is 4.79 Å². The van der Waals surface area contributed by atoms with Crippen LogP contribution in [0.3, 0.4) is 0 Å². The number of ether oxygens (including phenoxy) is 1. The van der Waals surface area contributed by atoms with Gasteiger partial charge in [0.2, 0.25) is 0 Å². The summed E-state index contributed by atoms with van der Waals surface area (Å²) in [4.78, 5) is 52.4. The molecule has 1 aromatic carbocycles. The molecule has 12 nitrogen and oxygen atoms in total. The van der Waals surface area contributed by atoms with Gasteiger partial charge in [-0.15, -0.1) is 0 Å². The first-order valence-corrected chi connectivity index (χ1v) is 25.4. The molecule has 3 saturated carbocycles. The van der Waals surface area contributed by atoms with Crippen LogP contribution in [0.1, 0.15) is 156 Å². The summed E-state index contributed by atoms with van der Waals surface area (Å²) < 4.78 is 6.23. The monoisotopic (exact) mass is 899 g/mol. The lowest BCUT2D eigenvalue weighted by Crippen LogP contribution is -2.51. The molecular weight excluding hydrogens is 813 g/mol. The lowest BCUT2D eigenvalue weighted by molar-refractivity contribution is -0.122. The fourth-order valence-corrected chi connectivity index (χ4v) is 12.6. The molecule has 362 valence electrons. The number of benzene rings is 1. The van der Waals surface area contributed by atoms with Gasteiger partial charge in [-0.3, -0.25) is 24.6 Å². The third-order valence-electron chi connectivity index (χ3n) is 16.0. The zero-order valence-electron chi connectivity index (χ0n) is 41.0. The van der Waals surface area contributed by atoms with Crippen molar-refractivity contribution >= 4 is 35.7 Å². The summed E-state index contributed by atoms with van der Waals surface area (Å²) in [6, 6.07) is 9.21. The Morgan fingerprint density at radius 3 is 2.35 bits per heavy atom. The minimum Gasteiger partial charge on any atom is -0.446 e. The maximum Gasteiger partial charge on any atom is 0.407 e. The number of rotatable bonds is 26. The summed E-state index contributed by atoms with van der Waals surface area (Å²) in [7, 11) is 0. The number of alkyl carbamates (subject to hydrolysis) is 1. The second kappa shape index (κ2) is 25.2. The lowest BCUT2D eigenvalue weighted by atomic mass is 9.47. The van der Waals surface area contributed by atoms with E-state index in [0.29, 0.717) is 76.0 Å². The molecule has 1 amide bonds. The van der Waals surface area contributed by atoms with E-state index in [1.807, 2.05) is 30.3 Å². The van der Waals surface area contributed by atoms with E-state index in [9.17, 15) is 14.4 Å². The van der Waals surface area contributed by atoms with Crippen LogP contribution in [0.15, 0.2) is 57.0 Å². The largest absolute Gasteiger partial charge is 0.446 e. The zero-order valence-corrected chi connectivity index (χ0v) is 41.0. The van der Waals surface area contributed by atoms with E-state index < -0.39 is 12.1 Å². The number of ketones is 2. The van der Waals surface area contributed by atoms with Crippen LogP contribution in [0, 0.1) is 46.3 Å². The van der Waals surface area contributed by atoms with E-state index in [1.165, 1.54) is 56.9 Å². The highest BCUT2D eigenvalue weighted by molar-refractivity contribution is 5.85. The summed E-state index contributed by atoms with van der Waals surface area (Å²) in [6.45, 7) is 15.9. The fraction of sp³-hybridized carbons (Fsp3) is 0.736. The van der Waals surface area contributed by atoms with Crippen molar-refractivity contribution in [3.63, 3.8) is 0 Å². The maximum atomic E-state index is 13.6. The van der Waals surface area contributed by atoms with Gasteiger partial charge in [-0.2, -0.15) is 0 Å². The van der Waals surface area contributed by atoms with Crippen LogP contribution >= 0.6 is 0 Å². The van der Waals surface area contributed by atoms with Crippen molar-refractivity contribution in [1.82, 2.24) is 10.6 Å². The van der Waals surface area contributed by atoms with Gasteiger partial charge in [-0.1, -0.05) is 95.9 Å². The first kappa shape index (κ1) is 51.9. The van der Waals surface area contributed by atoms with Gasteiger partial charge < -0.3 is 32.6 Å². The van der Waals surface area contributed by atoms with Gasteiger partial charge in [-0.25, -0.2) is 4.79 Å². The standard InChI is InChI=1S/C53H86N8O4/c1-36(2)13-10-14-37(3)45-22-23-46-44-21-19-40-34-43(25-27-52(40,5)47(44)26-28-53(45,46)6)65-51(64)61-41(33-39-15-8-7-9-16-39)35-57-31-32-59-48(49(63)18-12-29-58-38(4)54)24-20-42(62)17-11-30-60-50(55)56/h7-9,15-16,19,35-37,41,43-48,59H,10-14,17-18,20-34H2,1-6H3,(H2,54,58)(H,61,64)(H4,55,56,60). The molecule has 0 spiro atoms. The van der Waals surface area contributed by atoms with Crippen LogP contribution in [-0.2, 0) is 20.7 Å². The Morgan fingerprint density at radius 1 is 0.862 bits per heavy atom. The Kier molecular flexibility index (Phi) is 20.1. The van der Waals surface area contributed by atoms with E-state index in [-0.39, 0.29) is 41.5 Å². The van der Waals surface area contributed by atoms with Gasteiger partial charge >= 0.3 is 6.09 Å². The second-order valence-electron chi connectivity index (χ2n) is 21.1. The Labute approximate surface area is 391 Å². The number of amidine groups is 1. The maximum absolute atomic E-state index is 13.6. The van der Waals surface area contributed by atoms with Gasteiger partial charge in [-0.05, 0) is 129 Å². The molecule has 0 saturated heterocycles. The highest BCUT2D eigenvalue weighted by Crippen LogP contribution is 2.67. The van der Waals surface area contributed by atoms with E-state index in [0.717, 1.165) is 60.3 Å². The number of guanidine groups is 1. The molecule has 0 radical (unpaired) electrons. The van der Waals surface area contributed by atoms with Crippen molar-refractivity contribution < 1.29 is 19.1 Å². The molecule has 10 unspecified atom stereocenters. The predicted molar refractivity (Wildman–Crippen MR) is 266 cm³/mol. The minimum atomic E-state index is -0.489. The fourth-order valence-electron chi connectivity index (χ4n) is 12.6. The van der Waals surface area contributed by atoms with Gasteiger partial charge in [0.25, 0.3) is 0 Å². The van der Waals surface area contributed by atoms with Crippen molar-refractivity contribution in [2.24, 2.45) is 78.5 Å². The van der Waals surface area contributed by atoms with E-state index in [4.69, 9.17) is 26.9 Å². The predicted octanol–water partition coefficient (Wildman–Crippen LogP) is 8.89. The molecule has 4 aliphatic carbocycles. The van der Waals surface area contributed by atoms with Gasteiger partial charge in [0, 0.05) is 51.5 Å². The van der Waals surface area contributed by atoms with E-state index >= 15 is 0 Å². The molecule has 0 heterocycles. The third-order valence-corrected chi connectivity index (χ3v) is 16.0. The van der Waals surface area contributed by atoms with Crippen LogP contribution in [0.2, 0.25) is 0 Å². The van der Waals surface area contributed by atoms with Crippen molar-refractivity contribution in [2.75, 3.05) is 26.2 Å². The third kappa shape index (κ3) is 15.2. The van der Waals surface area contributed by atoms with Crippen molar-refractivity contribution in [3.8, 4) is 0 Å². The first-order chi connectivity index (χ1) is 31.1. The Hall–Kier alpha value is -4.06. The SMILES string of the molecule is CC(N)=NCCCC(=O)C(CCC(=O)CCCN=C(N)N)NCCN=CC(Cc1ccccc1)NC(=O)OC1CCC2(C)C(=CCC3C2CCC2(C)C(C(C)CCCC(C)C)CCC32)C1. The van der Waals surface area contributed by atoms with Crippen molar-refractivity contribution in [3.05, 3.63) is 47.5 Å². The number of aliphatic imine (C=N–C) groups is 3. The number of carbonyl (C=O) groups excluding carboxylic acids is 3. The van der Waals surface area contributed by atoms with Gasteiger partial charge in [0.05, 0.1) is 24.5 Å². The van der Waals surface area contributed by atoms with Crippen molar-refractivity contribution in [2.45, 2.75) is 175 Å². The summed E-state index contributed by atoms with van der Waals surface area (Å²) >= 11 is 0. The molecule has 3 fully saturated rings. The highest BCUT2D eigenvalue weighted by atomic mass is 16.6. The molecule has 10 atom stereocenters. The number of allylic oxidation sites excluding steroid dienone is 1. The van der Waals surface area contributed by atoms with Crippen LogP contribution in [0.5, 0.6) is 0 Å². The average molecular weight is 899 g/mol. The zero-order chi connectivity index (χ0) is 47.0. The first-order valence-electron chi connectivity index (χ1n) is 25.4. The topological polar surface area (TPSA) is 200 Å². The number of nitrogens with two attached hydrogens (primary N) is 3. The number of Topliss-reactive ketones (excluding diaryl/α,β-unsaturated/α-hetero) is 2.